The third-order valence-electron chi connectivity index (χ3n) is 3.83. The van der Waals surface area contributed by atoms with E-state index in [1.54, 1.807) is 36.7 Å². The van der Waals surface area contributed by atoms with E-state index in [2.05, 4.69) is 15.6 Å². The number of urea groups is 1. The molecule has 2 aromatic rings. The van der Waals surface area contributed by atoms with Crippen LogP contribution in [0.5, 0.6) is 0 Å². The van der Waals surface area contributed by atoms with Gasteiger partial charge in [0, 0.05) is 25.5 Å². The maximum atomic E-state index is 13.8. The zero-order chi connectivity index (χ0) is 16.9. The van der Waals surface area contributed by atoms with Gasteiger partial charge >= 0.3 is 6.03 Å². The minimum atomic E-state index is -0.654. The van der Waals surface area contributed by atoms with Gasteiger partial charge in [-0.15, -0.1) is 0 Å². The summed E-state index contributed by atoms with van der Waals surface area (Å²) in [6.07, 6.45) is 3.74. The van der Waals surface area contributed by atoms with Gasteiger partial charge in [0.2, 0.25) is 5.91 Å². The Bertz CT molecular complexity index is 738. The lowest BCUT2D eigenvalue weighted by Crippen LogP contribution is -2.46. The van der Waals surface area contributed by atoms with E-state index in [1.165, 1.54) is 11.0 Å². The van der Waals surface area contributed by atoms with Crippen molar-refractivity contribution in [2.45, 2.75) is 19.0 Å². The minimum absolute atomic E-state index is 0.238. The molecule has 0 saturated carbocycles. The van der Waals surface area contributed by atoms with Gasteiger partial charge in [0.1, 0.15) is 11.9 Å². The highest BCUT2D eigenvalue weighted by molar-refractivity contribution is 6.01. The molecule has 7 heteroatoms. The van der Waals surface area contributed by atoms with Crippen LogP contribution in [0, 0.1) is 5.82 Å². The third kappa shape index (κ3) is 3.51. The standard InChI is InChI=1S/C17H17FN4O2/c18-13-5-1-2-6-15(13)22-9-7-14(16(22)23)21-17(24)20-11-12-4-3-8-19-10-12/h1-6,8,10,14H,7,9,11H2,(H2,20,21,24). The molecule has 24 heavy (non-hydrogen) atoms. The summed E-state index contributed by atoms with van der Waals surface area (Å²) in [6, 6.07) is 8.64. The van der Waals surface area contributed by atoms with Crippen LogP contribution in [0.3, 0.4) is 0 Å². The predicted molar refractivity (Wildman–Crippen MR) is 86.8 cm³/mol. The molecular formula is C17H17FN4O2. The summed E-state index contributed by atoms with van der Waals surface area (Å²) in [5.41, 5.74) is 1.10. The van der Waals surface area contributed by atoms with Gasteiger partial charge in [-0.1, -0.05) is 18.2 Å². The van der Waals surface area contributed by atoms with Crippen molar-refractivity contribution in [2.75, 3.05) is 11.4 Å². The maximum Gasteiger partial charge on any atom is 0.315 e. The molecule has 0 radical (unpaired) electrons. The number of hydrogen-bond donors (Lipinski definition) is 2. The van der Waals surface area contributed by atoms with Crippen LogP contribution in [-0.2, 0) is 11.3 Å². The van der Waals surface area contributed by atoms with Gasteiger partial charge in [0.25, 0.3) is 0 Å². The highest BCUT2D eigenvalue weighted by Gasteiger charge is 2.34. The first kappa shape index (κ1) is 15.9. The molecule has 1 aliphatic heterocycles. The Kier molecular flexibility index (Phi) is 4.69. The number of amides is 3. The van der Waals surface area contributed by atoms with Gasteiger partial charge in [0.15, 0.2) is 0 Å². The number of carbonyl (C=O) groups is 2. The largest absolute Gasteiger partial charge is 0.334 e. The Hall–Kier alpha value is -2.96. The van der Waals surface area contributed by atoms with Crippen LogP contribution in [0.1, 0.15) is 12.0 Å². The summed E-state index contributed by atoms with van der Waals surface area (Å²) in [7, 11) is 0. The molecule has 0 bridgehead atoms. The summed E-state index contributed by atoms with van der Waals surface area (Å²) in [6.45, 7) is 0.685. The molecular weight excluding hydrogens is 311 g/mol. The van der Waals surface area contributed by atoms with Crippen LogP contribution in [0.2, 0.25) is 0 Å². The third-order valence-corrected chi connectivity index (χ3v) is 3.83. The fourth-order valence-electron chi connectivity index (χ4n) is 2.62. The molecule has 1 saturated heterocycles. The first-order valence-corrected chi connectivity index (χ1v) is 7.64. The Labute approximate surface area is 138 Å². The molecule has 2 heterocycles. The van der Waals surface area contributed by atoms with E-state index < -0.39 is 17.9 Å². The summed E-state index contributed by atoms with van der Waals surface area (Å²) in [5, 5.41) is 5.31. The number of pyridine rings is 1. The van der Waals surface area contributed by atoms with Crippen molar-refractivity contribution in [3.8, 4) is 0 Å². The summed E-state index contributed by atoms with van der Waals surface area (Å²) in [5.74, 6) is -0.760. The number of hydrogen-bond acceptors (Lipinski definition) is 3. The van der Waals surface area contributed by atoms with Gasteiger partial charge in [0.05, 0.1) is 5.69 Å². The fourth-order valence-corrected chi connectivity index (χ4v) is 2.62. The molecule has 124 valence electrons. The number of para-hydroxylation sites is 1. The Morgan fingerprint density at radius 1 is 1.29 bits per heavy atom. The van der Waals surface area contributed by atoms with Crippen LogP contribution < -0.4 is 15.5 Å². The molecule has 3 rings (SSSR count). The summed E-state index contributed by atoms with van der Waals surface area (Å²) >= 11 is 0. The van der Waals surface area contributed by atoms with E-state index in [-0.39, 0.29) is 11.6 Å². The van der Waals surface area contributed by atoms with Crippen molar-refractivity contribution in [1.82, 2.24) is 15.6 Å². The number of rotatable bonds is 4. The van der Waals surface area contributed by atoms with E-state index in [0.29, 0.717) is 19.5 Å². The lowest BCUT2D eigenvalue weighted by atomic mass is 10.2. The first-order valence-electron chi connectivity index (χ1n) is 7.64. The number of halogens is 1. The lowest BCUT2D eigenvalue weighted by Gasteiger charge is -2.18. The number of nitrogens with zero attached hydrogens (tertiary/aromatic N) is 2. The quantitative estimate of drug-likeness (QED) is 0.899. The Morgan fingerprint density at radius 2 is 2.12 bits per heavy atom. The lowest BCUT2D eigenvalue weighted by molar-refractivity contribution is -0.118. The van der Waals surface area contributed by atoms with Gasteiger partial charge in [-0.2, -0.15) is 0 Å². The number of aromatic nitrogens is 1. The van der Waals surface area contributed by atoms with E-state index in [1.807, 2.05) is 6.07 Å². The highest BCUT2D eigenvalue weighted by Crippen LogP contribution is 2.24. The molecule has 1 atom stereocenters. The average Bonchev–Trinajstić information content (AvgIpc) is 2.95. The van der Waals surface area contributed by atoms with Crippen LogP contribution in [0.4, 0.5) is 14.9 Å². The summed E-state index contributed by atoms with van der Waals surface area (Å²) in [4.78, 5) is 29.6. The number of benzene rings is 1. The van der Waals surface area contributed by atoms with Gasteiger partial charge in [-0.25, -0.2) is 9.18 Å². The van der Waals surface area contributed by atoms with Crippen LogP contribution >= 0.6 is 0 Å². The van der Waals surface area contributed by atoms with Gasteiger partial charge in [-0.3, -0.25) is 9.78 Å². The van der Waals surface area contributed by atoms with E-state index >= 15 is 0 Å². The van der Waals surface area contributed by atoms with Crippen molar-refractivity contribution in [3.05, 3.63) is 60.2 Å². The second-order valence-corrected chi connectivity index (χ2v) is 5.47. The summed E-state index contributed by atoms with van der Waals surface area (Å²) < 4.78 is 13.8. The number of nitrogens with one attached hydrogen (secondary N) is 2. The average molecular weight is 328 g/mol. The van der Waals surface area contributed by atoms with Gasteiger partial charge in [-0.05, 0) is 30.2 Å². The SMILES string of the molecule is O=C(NCc1cccnc1)NC1CCN(c2ccccc2F)C1=O. The van der Waals surface area contributed by atoms with Crippen LogP contribution in [-0.4, -0.2) is 29.5 Å². The van der Waals surface area contributed by atoms with E-state index in [4.69, 9.17) is 0 Å². The first-order chi connectivity index (χ1) is 11.6. The van der Waals surface area contributed by atoms with Crippen molar-refractivity contribution in [1.29, 1.82) is 0 Å². The second kappa shape index (κ2) is 7.08. The van der Waals surface area contributed by atoms with E-state index in [0.717, 1.165) is 5.56 Å². The minimum Gasteiger partial charge on any atom is -0.334 e. The van der Waals surface area contributed by atoms with Crippen LogP contribution in [0.15, 0.2) is 48.8 Å². The van der Waals surface area contributed by atoms with Gasteiger partial charge < -0.3 is 15.5 Å². The van der Waals surface area contributed by atoms with Crippen molar-refractivity contribution >= 4 is 17.6 Å². The highest BCUT2D eigenvalue weighted by atomic mass is 19.1. The van der Waals surface area contributed by atoms with Crippen molar-refractivity contribution in [2.24, 2.45) is 0 Å². The molecule has 1 aromatic heterocycles. The van der Waals surface area contributed by atoms with Crippen molar-refractivity contribution < 1.29 is 14.0 Å². The second-order valence-electron chi connectivity index (χ2n) is 5.47. The molecule has 0 spiro atoms. The topological polar surface area (TPSA) is 74.3 Å². The monoisotopic (exact) mass is 328 g/mol. The molecule has 1 aliphatic rings. The molecule has 3 amide bonds. The van der Waals surface area contributed by atoms with Crippen LogP contribution in [0.25, 0.3) is 0 Å². The molecule has 2 N–H and O–H groups in total. The van der Waals surface area contributed by atoms with E-state index in [9.17, 15) is 14.0 Å². The molecule has 1 fully saturated rings. The Morgan fingerprint density at radius 3 is 2.88 bits per heavy atom. The smallest absolute Gasteiger partial charge is 0.315 e. The molecule has 1 unspecified atom stereocenters. The molecule has 1 aromatic carbocycles. The zero-order valence-corrected chi connectivity index (χ0v) is 12.9. The zero-order valence-electron chi connectivity index (χ0n) is 12.9. The number of carbonyl (C=O) groups excluding carboxylic acids is 2. The maximum absolute atomic E-state index is 13.8. The normalized spacial score (nSPS) is 17.0. The Balaban J connectivity index is 1.56. The molecule has 0 aliphatic carbocycles. The fraction of sp³-hybridized carbons (Fsp3) is 0.235. The molecule has 6 nitrogen and oxygen atoms in total. The number of anilines is 1. The predicted octanol–water partition coefficient (Wildman–Crippen LogP) is 1.83. The van der Waals surface area contributed by atoms with Crippen molar-refractivity contribution in [3.63, 3.8) is 0 Å².